The summed E-state index contributed by atoms with van der Waals surface area (Å²) in [5, 5.41) is 3.24. The fourth-order valence-corrected chi connectivity index (χ4v) is 4.05. The molecule has 1 N–H and O–H groups in total. The normalized spacial score (nSPS) is 21.6. The molecule has 2 rings (SSSR count). The highest BCUT2D eigenvalue weighted by Crippen LogP contribution is 2.25. The topological polar surface area (TPSA) is 47.6 Å². The average molecular weight is 297 g/mol. The molecule has 0 spiro atoms. The van der Waals surface area contributed by atoms with Crippen molar-refractivity contribution in [3.05, 3.63) is 29.8 Å². The van der Waals surface area contributed by atoms with E-state index >= 15 is 0 Å². The molecule has 0 radical (unpaired) electrons. The van der Waals surface area contributed by atoms with Crippen LogP contribution in [0.5, 0.6) is 5.75 Å². The minimum absolute atomic E-state index is 0.0355. The maximum atomic E-state index is 12.3. The Morgan fingerprint density at radius 3 is 2.95 bits per heavy atom. The van der Waals surface area contributed by atoms with Crippen LogP contribution >= 0.6 is 0 Å². The third-order valence-electron chi connectivity index (χ3n) is 3.61. The lowest BCUT2D eigenvalue weighted by Gasteiger charge is -2.19. The van der Waals surface area contributed by atoms with Gasteiger partial charge >= 0.3 is 0 Å². The Balaban J connectivity index is 1.98. The molecule has 20 heavy (non-hydrogen) atoms. The molecule has 1 aromatic carbocycles. The van der Waals surface area contributed by atoms with Crippen LogP contribution in [0.3, 0.4) is 0 Å². The summed E-state index contributed by atoms with van der Waals surface area (Å²) in [5.74, 6) is 2.05. The first kappa shape index (κ1) is 15.5. The summed E-state index contributed by atoms with van der Waals surface area (Å²) < 4.78 is 23.2. The monoisotopic (exact) mass is 297 g/mol. The van der Waals surface area contributed by atoms with Crippen LogP contribution in [0.1, 0.15) is 24.4 Å². The number of hydrogen-bond donors (Lipinski definition) is 1. The van der Waals surface area contributed by atoms with E-state index in [1.54, 1.807) is 7.11 Å². The van der Waals surface area contributed by atoms with Crippen LogP contribution in [0.4, 0.5) is 0 Å². The lowest BCUT2D eigenvalue weighted by molar-refractivity contribution is 0.128. The molecule has 4 nitrogen and oxygen atoms in total. The molecular formula is C15H23NO3S. The van der Waals surface area contributed by atoms with Gasteiger partial charge in [-0.3, -0.25) is 4.21 Å². The number of nitrogens with one attached hydrogen (secondary N) is 1. The molecular weight excluding hydrogens is 274 g/mol. The summed E-state index contributed by atoms with van der Waals surface area (Å²) >= 11 is 0. The van der Waals surface area contributed by atoms with Gasteiger partial charge in [-0.05, 0) is 26.0 Å². The van der Waals surface area contributed by atoms with Gasteiger partial charge in [-0.1, -0.05) is 18.2 Å². The van der Waals surface area contributed by atoms with E-state index in [1.807, 2.05) is 31.3 Å². The van der Waals surface area contributed by atoms with Gasteiger partial charge in [0.15, 0.2) is 0 Å². The molecule has 5 heteroatoms. The van der Waals surface area contributed by atoms with E-state index in [0.717, 1.165) is 30.8 Å². The zero-order valence-electron chi connectivity index (χ0n) is 12.1. The fourth-order valence-electron chi connectivity index (χ4n) is 2.52. The zero-order valence-corrected chi connectivity index (χ0v) is 12.9. The number of ether oxygens (including phenoxy) is 2. The highest BCUT2D eigenvalue weighted by atomic mass is 32.2. The van der Waals surface area contributed by atoms with Crippen LogP contribution in [0.2, 0.25) is 0 Å². The van der Waals surface area contributed by atoms with Crippen molar-refractivity contribution in [1.82, 2.24) is 5.32 Å². The summed E-state index contributed by atoms with van der Waals surface area (Å²) in [7, 11) is 2.66. The summed E-state index contributed by atoms with van der Waals surface area (Å²) in [6, 6.07) is 7.91. The van der Waals surface area contributed by atoms with Crippen LogP contribution in [-0.2, 0) is 15.5 Å². The first-order chi connectivity index (χ1) is 9.74. The van der Waals surface area contributed by atoms with Crippen molar-refractivity contribution in [3.8, 4) is 5.75 Å². The van der Waals surface area contributed by atoms with Gasteiger partial charge in [0.1, 0.15) is 5.75 Å². The first-order valence-corrected chi connectivity index (χ1v) is 8.50. The number of benzene rings is 1. The Kier molecular flexibility index (Phi) is 6.01. The van der Waals surface area contributed by atoms with Gasteiger partial charge < -0.3 is 14.8 Å². The van der Waals surface area contributed by atoms with Crippen molar-refractivity contribution in [2.24, 2.45) is 0 Å². The molecule has 1 aliphatic heterocycles. The molecule has 0 saturated carbocycles. The minimum Gasteiger partial charge on any atom is -0.496 e. The Bertz CT molecular complexity index is 446. The summed E-state index contributed by atoms with van der Waals surface area (Å²) in [6.45, 7) is 0.809. The molecule has 0 bridgehead atoms. The Morgan fingerprint density at radius 1 is 1.50 bits per heavy atom. The van der Waals surface area contributed by atoms with Gasteiger partial charge in [0.05, 0.1) is 13.2 Å². The third kappa shape index (κ3) is 4.04. The van der Waals surface area contributed by atoms with Gasteiger partial charge in [0, 0.05) is 40.5 Å². The van der Waals surface area contributed by atoms with E-state index in [9.17, 15) is 4.21 Å². The van der Waals surface area contributed by atoms with Gasteiger partial charge in [0.2, 0.25) is 0 Å². The molecule has 1 aromatic rings. The van der Waals surface area contributed by atoms with Crippen molar-refractivity contribution < 1.29 is 13.7 Å². The van der Waals surface area contributed by atoms with Crippen LogP contribution in [-0.4, -0.2) is 42.6 Å². The average Bonchev–Trinajstić information content (AvgIpc) is 2.97. The fraction of sp³-hybridized carbons (Fsp3) is 0.600. The van der Waals surface area contributed by atoms with Crippen molar-refractivity contribution in [2.45, 2.75) is 25.0 Å². The highest BCUT2D eigenvalue weighted by Gasteiger charge is 2.22. The summed E-state index contributed by atoms with van der Waals surface area (Å²) in [5.41, 5.74) is 1.05. The van der Waals surface area contributed by atoms with Crippen molar-refractivity contribution in [1.29, 1.82) is 0 Å². The second kappa shape index (κ2) is 7.76. The minimum atomic E-state index is -0.894. The molecule has 3 atom stereocenters. The van der Waals surface area contributed by atoms with Gasteiger partial charge in [0.25, 0.3) is 0 Å². The predicted octanol–water partition coefficient (Wildman–Crippen LogP) is 1.88. The molecule has 1 heterocycles. The number of rotatable bonds is 7. The quantitative estimate of drug-likeness (QED) is 0.835. The number of methoxy groups -OCH3 is 1. The first-order valence-electron chi connectivity index (χ1n) is 7.01. The van der Waals surface area contributed by atoms with Gasteiger partial charge in [-0.15, -0.1) is 0 Å². The van der Waals surface area contributed by atoms with E-state index < -0.39 is 10.8 Å². The summed E-state index contributed by atoms with van der Waals surface area (Å²) in [6.07, 6.45) is 2.29. The van der Waals surface area contributed by atoms with Crippen molar-refractivity contribution >= 4 is 10.8 Å². The molecule has 1 fully saturated rings. The van der Waals surface area contributed by atoms with Gasteiger partial charge in [-0.25, -0.2) is 0 Å². The van der Waals surface area contributed by atoms with Crippen LogP contribution in [0, 0.1) is 0 Å². The standard InChI is InChI=1S/C15H23NO3S/c1-16-14(13-7-3-4-8-15(13)18-2)11-20(17)10-12-6-5-9-19-12/h3-4,7-8,12,14,16H,5-6,9-11H2,1-2H3. The van der Waals surface area contributed by atoms with Crippen molar-refractivity contribution in [2.75, 3.05) is 32.3 Å². The SMILES string of the molecule is CNC(CS(=O)CC1CCCO1)c1ccccc1OC. The molecule has 1 saturated heterocycles. The largest absolute Gasteiger partial charge is 0.496 e. The second-order valence-corrected chi connectivity index (χ2v) is 6.54. The molecule has 3 unspecified atom stereocenters. The van der Waals surface area contributed by atoms with Crippen molar-refractivity contribution in [3.63, 3.8) is 0 Å². The molecule has 112 valence electrons. The van der Waals surface area contributed by atoms with E-state index in [-0.39, 0.29) is 12.1 Å². The second-order valence-electron chi connectivity index (χ2n) is 4.99. The summed E-state index contributed by atoms with van der Waals surface area (Å²) in [4.78, 5) is 0. The smallest absolute Gasteiger partial charge is 0.123 e. The molecule has 0 aromatic heterocycles. The highest BCUT2D eigenvalue weighted by molar-refractivity contribution is 7.85. The Morgan fingerprint density at radius 2 is 2.30 bits per heavy atom. The zero-order chi connectivity index (χ0) is 14.4. The Labute approximate surface area is 123 Å². The molecule has 0 amide bonds. The van der Waals surface area contributed by atoms with E-state index in [4.69, 9.17) is 9.47 Å². The van der Waals surface area contributed by atoms with E-state index in [1.165, 1.54) is 0 Å². The number of para-hydroxylation sites is 1. The van der Waals surface area contributed by atoms with Gasteiger partial charge in [-0.2, -0.15) is 0 Å². The maximum Gasteiger partial charge on any atom is 0.123 e. The predicted molar refractivity (Wildman–Crippen MR) is 81.6 cm³/mol. The number of hydrogen-bond acceptors (Lipinski definition) is 4. The van der Waals surface area contributed by atoms with Crippen LogP contribution in [0.25, 0.3) is 0 Å². The van der Waals surface area contributed by atoms with Crippen LogP contribution < -0.4 is 10.1 Å². The lowest BCUT2D eigenvalue weighted by Crippen LogP contribution is -2.27. The molecule has 0 aliphatic carbocycles. The third-order valence-corrected chi connectivity index (χ3v) is 5.06. The lowest BCUT2D eigenvalue weighted by atomic mass is 10.1. The van der Waals surface area contributed by atoms with E-state index in [0.29, 0.717) is 11.5 Å². The van der Waals surface area contributed by atoms with Crippen LogP contribution in [0.15, 0.2) is 24.3 Å². The Hall–Kier alpha value is -0.910. The maximum absolute atomic E-state index is 12.3. The molecule has 1 aliphatic rings. The van der Waals surface area contributed by atoms with E-state index in [2.05, 4.69) is 5.32 Å².